The van der Waals surface area contributed by atoms with Gasteiger partial charge in [-0.3, -0.25) is 10.2 Å². The molecule has 2 aromatic heterocycles. The summed E-state index contributed by atoms with van der Waals surface area (Å²) in [6.07, 6.45) is 1.07. The van der Waals surface area contributed by atoms with E-state index in [4.69, 9.17) is 15.6 Å². The Hall–Kier alpha value is -5.00. The van der Waals surface area contributed by atoms with Crippen LogP contribution in [0.2, 0.25) is 0 Å². The Labute approximate surface area is 230 Å². The van der Waals surface area contributed by atoms with E-state index in [1.807, 2.05) is 0 Å². The highest BCUT2D eigenvalue weighted by atomic mass is 19.4. The Bertz CT molecular complexity index is 1750. The Balaban J connectivity index is 1.53. The van der Waals surface area contributed by atoms with E-state index in [9.17, 15) is 22.4 Å². The van der Waals surface area contributed by atoms with Gasteiger partial charge < -0.3 is 20.2 Å². The zero-order valence-electron chi connectivity index (χ0n) is 21.5. The molecule has 0 saturated heterocycles. The van der Waals surface area contributed by atoms with Gasteiger partial charge in [-0.15, -0.1) is 13.2 Å². The Morgan fingerprint density at radius 2 is 1.90 bits per heavy atom. The molecule has 4 aromatic rings. The molecule has 0 radical (unpaired) electrons. The van der Waals surface area contributed by atoms with Crippen molar-refractivity contribution in [2.75, 3.05) is 11.1 Å². The lowest BCUT2D eigenvalue weighted by molar-refractivity contribution is -0.274. The van der Waals surface area contributed by atoms with Gasteiger partial charge in [0, 0.05) is 17.0 Å². The van der Waals surface area contributed by atoms with Crippen LogP contribution in [0, 0.1) is 5.41 Å². The number of alkyl halides is 3. The zero-order valence-corrected chi connectivity index (χ0v) is 21.5. The third-order valence-corrected chi connectivity index (χ3v) is 6.51. The second kappa shape index (κ2) is 10.9. The van der Waals surface area contributed by atoms with Gasteiger partial charge in [0.2, 0.25) is 0 Å². The lowest BCUT2D eigenvalue weighted by atomic mass is 9.88. The fraction of sp³-hybridized carbons (Fsp3) is 0.172. The van der Waals surface area contributed by atoms with E-state index in [2.05, 4.69) is 20.0 Å². The first-order valence-corrected chi connectivity index (χ1v) is 12.4. The maximum atomic E-state index is 14.2. The topological polar surface area (TPSA) is 127 Å². The summed E-state index contributed by atoms with van der Waals surface area (Å²) in [7, 11) is 0. The van der Waals surface area contributed by atoms with Crippen LogP contribution in [0.25, 0.3) is 11.0 Å². The number of nitrogen functional groups attached to an aromatic ring is 1. The van der Waals surface area contributed by atoms with Gasteiger partial charge >= 0.3 is 6.36 Å². The SMILES string of the molecule is CC(Nc1ncnc(N)c1C(=N)c1ccc(OC(F)(F)F)cc1)c1oc2ccccc2c(=O)c1C1C=C(F)C=CC1. The average molecular weight is 566 g/mol. The number of nitrogens with one attached hydrogen (secondary N) is 2. The Morgan fingerprint density at radius 1 is 1.17 bits per heavy atom. The number of allylic oxidation sites excluding steroid dienone is 4. The van der Waals surface area contributed by atoms with E-state index in [0.29, 0.717) is 17.4 Å². The van der Waals surface area contributed by atoms with Crippen LogP contribution < -0.4 is 21.2 Å². The van der Waals surface area contributed by atoms with E-state index >= 15 is 0 Å². The Kier molecular flexibility index (Phi) is 7.31. The number of rotatable bonds is 7. The first-order chi connectivity index (χ1) is 19.5. The molecule has 2 atom stereocenters. The molecular formula is C29H23F4N5O3. The van der Waals surface area contributed by atoms with Crippen molar-refractivity contribution in [3.05, 3.63) is 112 Å². The molecule has 2 unspecified atom stereocenters. The van der Waals surface area contributed by atoms with Gasteiger partial charge in [-0.2, -0.15) is 0 Å². The number of para-hydroxylation sites is 1. The van der Waals surface area contributed by atoms with Crippen LogP contribution in [0.3, 0.4) is 0 Å². The lowest BCUT2D eigenvalue weighted by Crippen LogP contribution is -2.22. The zero-order chi connectivity index (χ0) is 29.3. The van der Waals surface area contributed by atoms with Crippen molar-refractivity contribution in [2.24, 2.45) is 0 Å². The smallest absolute Gasteiger partial charge is 0.458 e. The third kappa shape index (κ3) is 5.81. The number of nitrogens with two attached hydrogens (primary N) is 1. The molecule has 1 aliphatic rings. The average Bonchev–Trinajstić information content (AvgIpc) is 2.92. The molecule has 210 valence electrons. The maximum Gasteiger partial charge on any atom is 0.573 e. The first-order valence-electron chi connectivity index (χ1n) is 12.4. The van der Waals surface area contributed by atoms with Gasteiger partial charge in [-0.05, 0) is 61.9 Å². The van der Waals surface area contributed by atoms with E-state index < -0.39 is 29.9 Å². The summed E-state index contributed by atoms with van der Waals surface area (Å²) in [5, 5.41) is 12.2. The molecule has 0 saturated carbocycles. The number of hydrogen-bond acceptors (Lipinski definition) is 8. The van der Waals surface area contributed by atoms with Gasteiger partial charge in [0.15, 0.2) is 5.43 Å². The number of hydrogen-bond donors (Lipinski definition) is 3. The number of anilines is 2. The second-order valence-corrected chi connectivity index (χ2v) is 9.30. The predicted octanol–water partition coefficient (Wildman–Crippen LogP) is 6.55. The number of aromatic nitrogens is 2. The van der Waals surface area contributed by atoms with Crippen LogP contribution in [-0.2, 0) is 0 Å². The summed E-state index contributed by atoms with van der Waals surface area (Å²) < 4.78 is 62.0. The summed E-state index contributed by atoms with van der Waals surface area (Å²) in [4.78, 5) is 21.8. The van der Waals surface area contributed by atoms with Crippen LogP contribution in [0.1, 0.15) is 47.8 Å². The van der Waals surface area contributed by atoms with Crippen LogP contribution >= 0.6 is 0 Å². The fourth-order valence-corrected chi connectivity index (χ4v) is 4.68. The molecule has 2 heterocycles. The summed E-state index contributed by atoms with van der Waals surface area (Å²) in [5.74, 6) is -1.17. The van der Waals surface area contributed by atoms with Gasteiger partial charge in [0.05, 0.1) is 22.7 Å². The minimum Gasteiger partial charge on any atom is -0.458 e. The summed E-state index contributed by atoms with van der Waals surface area (Å²) in [6, 6.07) is 10.7. The predicted molar refractivity (Wildman–Crippen MR) is 146 cm³/mol. The van der Waals surface area contributed by atoms with Gasteiger partial charge in [0.1, 0.15) is 40.9 Å². The number of ether oxygens (including phenoxy) is 1. The molecule has 0 bridgehead atoms. The second-order valence-electron chi connectivity index (χ2n) is 9.30. The van der Waals surface area contributed by atoms with Crippen molar-refractivity contribution < 1.29 is 26.7 Å². The van der Waals surface area contributed by atoms with Crippen LogP contribution in [0.15, 0.2) is 88.1 Å². The minimum atomic E-state index is -4.86. The highest BCUT2D eigenvalue weighted by Crippen LogP contribution is 2.35. The Morgan fingerprint density at radius 3 is 2.61 bits per heavy atom. The highest BCUT2D eigenvalue weighted by molar-refractivity contribution is 6.16. The molecule has 0 aliphatic heterocycles. The lowest BCUT2D eigenvalue weighted by Gasteiger charge is -2.23. The molecule has 1 aliphatic carbocycles. The third-order valence-electron chi connectivity index (χ3n) is 6.51. The van der Waals surface area contributed by atoms with E-state index in [0.717, 1.165) is 12.1 Å². The monoisotopic (exact) mass is 565 g/mol. The number of halogens is 4. The molecule has 12 heteroatoms. The standard InChI is InChI=1S/C29H23F4N5O3/c1-15(26-22(17-5-4-6-18(30)13-17)25(39)20-7-2-3-8-21(20)40-26)38-28-23(27(35)36-14-37-28)24(34)16-9-11-19(12-10-16)41-29(31,32)33/h2-4,6-15,17,34H,5H2,1H3,(H3,35,36,37,38). The molecule has 41 heavy (non-hydrogen) atoms. The van der Waals surface area contributed by atoms with Gasteiger partial charge in [-0.1, -0.05) is 18.2 Å². The highest BCUT2D eigenvalue weighted by Gasteiger charge is 2.31. The van der Waals surface area contributed by atoms with E-state index in [1.165, 1.54) is 30.6 Å². The van der Waals surface area contributed by atoms with Crippen molar-refractivity contribution in [3.8, 4) is 5.75 Å². The first kappa shape index (κ1) is 27.6. The van der Waals surface area contributed by atoms with Crippen molar-refractivity contribution in [3.63, 3.8) is 0 Å². The van der Waals surface area contributed by atoms with Gasteiger partial charge in [0.25, 0.3) is 0 Å². The van der Waals surface area contributed by atoms with E-state index in [-0.39, 0.29) is 45.2 Å². The normalized spacial score (nSPS) is 15.8. The molecule has 0 fully saturated rings. The summed E-state index contributed by atoms with van der Waals surface area (Å²) >= 11 is 0. The molecular weight excluding hydrogens is 542 g/mol. The van der Waals surface area contributed by atoms with Crippen molar-refractivity contribution >= 4 is 28.3 Å². The van der Waals surface area contributed by atoms with Crippen LogP contribution in [0.4, 0.5) is 29.2 Å². The number of fused-ring (bicyclic) bond motifs is 1. The maximum absolute atomic E-state index is 14.2. The molecule has 4 N–H and O–H groups in total. The quantitative estimate of drug-likeness (QED) is 0.171. The van der Waals surface area contributed by atoms with Crippen LogP contribution in [0.5, 0.6) is 5.75 Å². The molecule has 2 aromatic carbocycles. The molecule has 0 spiro atoms. The van der Waals surface area contributed by atoms with E-state index in [1.54, 1.807) is 37.3 Å². The number of nitrogens with zero attached hydrogens (tertiary/aromatic N) is 2. The van der Waals surface area contributed by atoms with Gasteiger partial charge in [-0.25, -0.2) is 14.4 Å². The largest absolute Gasteiger partial charge is 0.573 e. The molecule has 5 rings (SSSR count). The van der Waals surface area contributed by atoms with Crippen LogP contribution in [-0.4, -0.2) is 22.0 Å². The summed E-state index contributed by atoms with van der Waals surface area (Å²) in [6.45, 7) is 1.71. The van der Waals surface area contributed by atoms with Crippen molar-refractivity contribution in [1.82, 2.24) is 9.97 Å². The minimum absolute atomic E-state index is 0.0575. The summed E-state index contributed by atoms with van der Waals surface area (Å²) in [5.41, 5.74) is 6.58. The van der Waals surface area contributed by atoms with Crippen molar-refractivity contribution in [2.45, 2.75) is 31.7 Å². The fourth-order valence-electron chi connectivity index (χ4n) is 4.68. The van der Waals surface area contributed by atoms with Crippen molar-refractivity contribution in [1.29, 1.82) is 5.41 Å². The molecule has 0 amide bonds. The molecule has 8 nitrogen and oxygen atoms in total. The number of benzene rings is 2.